The minimum Gasteiger partial charge on any atom is -0.303 e. The Kier molecular flexibility index (Phi) is 1.57. The van der Waals surface area contributed by atoms with Crippen LogP contribution in [0.5, 0.6) is 0 Å². The lowest BCUT2D eigenvalue weighted by molar-refractivity contribution is 1.04. The summed E-state index contributed by atoms with van der Waals surface area (Å²) in [6.45, 7) is 2.12. The summed E-state index contributed by atoms with van der Waals surface area (Å²) >= 11 is 0. The van der Waals surface area contributed by atoms with Crippen molar-refractivity contribution < 1.29 is 0 Å². The van der Waals surface area contributed by atoms with Crippen molar-refractivity contribution in [2.75, 3.05) is 0 Å². The number of pyridine rings is 1. The summed E-state index contributed by atoms with van der Waals surface area (Å²) in [4.78, 5) is 4.74. The first kappa shape index (κ1) is 8.99. The fourth-order valence-electron chi connectivity index (χ4n) is 2.67. The number of fused-ring (bicyclic) bond motifs is 5. The molecule has 0 spiro atoms. The van der Waals surface area contributed by atoms with Gasteiger partial charge in [-0.1, -0.05) is 30.3 Å². The van der Waals surface area contributed by atoms with Crippen LogP contribution in [0.15, 0.2) is 42.6 Å². The predicted octanol–water partition coefficient (Wildman–Crippen LogP) is 3.21. The van der Waals surface area contributed by atoms with Gasteiger partial charge in [-0.15, -0.1) is 0 Å². The van der Waals surface area contributed by atoms with E-state index in [0.29, 0.717) is 0 Å². The molecule has 0 amide bonds. The fourth-order valence-corrected chi connectivity index (χ4v) is 2.67. The van der Waals surface area contributed by atoms with Crippen molar-refractivity contribution >= 4 is 5.65 Å². The summed E-state index contributed by atoms with van der Waals surface area (Å²) in [6.07, 6.45) is 3.17. The zero-order chi connectivity index (χ0) is 11.4. The smallest absolute Gasteiger partial charge is 0.137 e. The molecule has 82 valence electrons. The second kappa shape index (κ2) is 2.98. The first-order valence-electron chi connectivity index (χ1n) is 5.89. The largest absolute Gasteiger partial charge is 0.303 e. The highest BCUT2D eigenvalue weighted by Gasteiger charge is 2.23. The molecule has 2 heteroatoms. The van der Waals surface area contributed by atoms with Crippen molar-refractivity contribution in [3.63, 3.8) is 0 Å². The zero-order valence-electron chi connectivity index (χ0n) is 9.64. The maximum atomic E-state index is 4.74. The van der Waals surface area contributed by atoms with Crippen LogP contribution in [-0.2, 0) is 6.42 Å². The van der Waals surface area contributed by atoms with E-state index in [4.69, 9.17) is 4.98 Å². The Bertz CT molecular complexity index is 738. The van der Waals surface area contributed by atoms with Crippen molar-refractivity contribution in [2.45, 2.75) is 13.3 Å². The zero-order valence-corrected chi connectivity index (χ0v) is 9.64. The maximum absolute atomic E-state index is 4.74. The summed E-state index contributed by atoms with van der Waals surface area (Å²) in [5.74, 6) is 0. The monoisotopic (exact) mass is 220 g/mol. The molecule has 4 rings (SSSR count). The predicted molar refractivity (Wildman–Crippen MR) is 68.2 cm³/mol. The molecule has 3 aromatic rings. The summed E-state index contributed by atoms with van der Waals surface area (Å²) in [7, 11) is 0. The number of nitrogens with zero attached hydrogens (tertiary/aromatic N) is 2. The minimum absolute atomic E-state index is 0.996. The normalized spacial score (nSPS) is 12.8. The Hall–Kier alpha value is -2.09. The van der Waals surface area contributed by atoms with Gasteiger partial charge in [-0.25, -0.2) is 4.98 Å². The molecule has 0 N–H and O–H groups in total. The van der Waals surface area contributed by atoms with Crippen molar-refractivity contribution in [3.05, 3.63) is 59.4 Å². The fraction of sp³-hybridized carbons (Fsp3) is 0.133. The molecule has 2 nitrogen and oxygen atoms in total. The van der Waals surface area contributed by atoms with E-state index in [1.807, 2.05) is 0 Å². The molecule has 1 aromatic carbocycles. The number of benzene rings is 1. The molecule has 0 fully saturated rings. The van der Waals surface area contributed by atoms with Gasteiger partial charge in [0.1, 0.15) is 5.65 Å². The van der Waals surface area contributed by atoms with Crippen LogP contribution in [0.3, 0.4) is 0 Å². The molecule has 0 aliphatic heterocycles. The minimum atomic E-state index is 0.996. The van der Waals surface area contributed by atoms with E-state index in [2.05, 4.69) is 53.9 Å². The van der Waals surface area contributed by atoms with Gasteiger partial charge >= 0.3 is 0 Å². The van der Waals surface area contributed by atoms with Crippen molar-refractivity contribution in [1.29, 1.82) is 0 Å². The molecule has 1 aliphatic carbocycles. The third-order valence-electron chi connectivity index (χ3n) is 3.50. The van der Waals surface area contributed by atoms with E-state index >= 15 is 0 Å². The van der Waals surface area contributed by atoms with Gasteiger partial charge < -0.3 is 4.40 Å². The van der Waals surface area contributed by atoms with E-state index < -0.39 is 0 Å². The van der Waals surface area contributed by atoms with E-state index in [0.717, 1.165) is 17.8 Å². The molecule has 2 aromatic heterocycles. The topological polar surface area (TPSA) is 17.3 Å². The van der Waals surface area contributed by atoms with Gasteiger partial charge in [0.2, 0.25) is 0 Å². The molecule has 0 saturated heterocycles. The average molecular weight is 220 g/mol. The lowest BCUT2D eigenvalue weighted by atomic mass is 10.1. The second-order valence-corrected chi connectivity index (χ2v) is 4.68. The molecule has 0 atom stereocenters. The van der Waals surface area contributed by atoms with Crippen LogP contribution in [0.25, 0.3) is 16.9 Å². The first-order valence-corrected chi connectivity index (χ1v) is 5.89. The Balaban J connectivity index is 2.09. The summed E-state index contributed by atoms with van der Waals surface area (Å²) in [5, 5.41) is 0. The highest BCUT2D eigenvalue weighted by molar-refractivity contribution is 5.75. The highest BCUT2D eigenvalue weighted by atomic mass is 15.0. The van der Waals surface area contributed by atoms with Gasteiger partial charge in [-0.2, -0.15) is 0 Å². The molecule has 1 aliphatic rings. The molecule has 0 unspecified atom stereocenters. The van der Waals surface area contributed by atoms with E-state index in [1.165, 1.54) is 22.4 Å². The van der Waals surface area contributed by atoms with Gasteiger partial charge in [-0.05, 0) is 24.1 Å². The number of hydrogen-bond acceptors (Lipinski definition) is 1. The third-order valence-corrected chi connectivity index (χ3v) is 3.50. The Morgan fingerprint density at radius 1 is 1.12 bits per heavy atom. The number of aromatic nitrogens is 2. The Labute approximate surface area is 99.6 Å². The Morgan fingerprint density at radius 2 is 2.00 bits per heavy atom. The quantitative estimate of drug-likeness (QED) is 0.445. The van der Waals surface area contributed by atoms with Crippen LogP contribution in [0.4, 0.5) is 0 Å². The van der Waals surface area contributed by atoms with Crippen LogP contribution >= 0.6 is 0 Å². The second-order valence-electron chi connectivity index (χ2n) is 4.68. The SMILES string of the molecule is Cc1ccc2nc3c(n2c1)Cc1ccccc1-3. The highest BCUT2D eigenvalue weighted by Crippen LogP contribution is 2.36. The van der Waals surface area contributed by atoms with Crippen LogP contribution in [-0.4, -0.2) is 9.38 Å². The molecule has 0 saturated carbocycles. The molecule has 0 bridgehead atoms. The van der Waals surface area contributed by atoms with Crippen LogP contribution in [0.1, 0.15) is 16.8 Å². The average Bonchev–Trinajstić information content (AvgIpc) is 2.85. The van der Waals surface area contributed by atoms with Gasteiger partial charge in [0.15, 0.2) is 0 Å². The van der Waals surface area contributed by atoms with E-state index in [9.17, 15) is 0 Å². The van der Waals surface area contributed by atoms with Crippen LogP contribution in [0.2, 0.25) is 0 Å². The first-order chi connectivity index (χ1) is 8.33. The van der Waals surface area contributed by atoms with Crippen molar-refractivity contribution in [1.82, 2.24) is 9.38 Å². The molecule has 0 radical (unpaired) electrons. The number of aryl methyl sites for hydroxylation is 1. The number of hydrogen-bond donors (Lipinski definition) is 0. The van der Waals surface area contributed by atoms with Crippen molar-refractivity contribution in [3.8, 4) is 11.3 Å². The van der Waals surface area contributed by atoms with Crippen LogP contribution < -0.4 is 0 Å². The summed E-state index contributed by atoms with van der Waals surface area (Å²) in [5.41, 5.74) is 7.49. The summed E-state index contributed by atoms with van der Waals surface area (Å²) < 4.78 is 2.23. The molecular weight excluding hydrogens is 208 g/mol. The lowest BCUT2D eigenvalue weighted by Gasteiger charge is -2.00. The molecule has 17 heavy (non-hydrogen) atoms. The van der Waals surface area contributed by atoms with Gasteiger partial charge in [0.25, 0.3) is 0 Å². The molecular formula is C15H12N2. The molecule has 2 heterocycles. The Morgan fingerprint density at radius 3 is 2.94 bits per heavy atom. The van der Waals surface area contributed by atoms with E-state index in [1.54, 1.807) is 0 Å². The van der Waals surface area contributed by atoms with Crippen molar-refractivity contribution in [2.24, 2.45) is 0 Å². The van der Waals surface area contributed by atoms with Gasteiger partial charge in [0.05, 0.1) is 11.4 Å². The van der Waals surface area contributed by atoms with Gasteiger partial charge in [0, 0.05) is 18.2 Å². The van der Waals surface area contributed by atoms with Crippen LogP contribution in [0, 0.1) is 6.92 Å². The third kappa shape index (κ3) is 1.12. The number of rotatable bonds is 0. The standard InChI is InChI=1S/C15H12N2/c1-10-6-7-14-16-15-12-5-3-2-4-11(12)8-13(15)17(14)9-10/h2-7,9H,8H2,1H3. The van der Waals surface area contributed by atoms with E-state index in [-0.39, 0.29) is 0 Å². The maximum Gasteiger partial charge on any atom is 0.137 e. The van der Waals surface area contributed by atoms with Gasteiger partial charge in [-0.3, -0.25) is 0 Å². The lowest BCUT2D eigenvalue weighted by Crippen LogP contribution is -1.92. The number of imidazole rings is 1. The summed E-state index contributed by atoms with van der Waals surface area (Å²) in [6, 6.07) is 12.8.